The van der Waals surface area contributed by atoms with Crippen LogP contribution in [-0.4, -0.2) is 50.1 Å². The zero-order valence-electron chi connectivity index (χ0n) is 17.2. The topological polar surface area (TPSA) is 45.7 Å². The Morgan fingerprint density at radius 1 is 1.21 bits per heavy atom. The summed E-state index contributed by atoms with van der Waals surface area (Å²) in [4.78, 5) is 21.9. The Kier molecular flexibility index (Phi) is 7.11. The Hall–Kier alpha value is -2.15. The number of anilines is 1. The van der Waals surface area contributed by atoms with E-state index in [4.69, 9.17) is 21.3 Å². The number of amides is 1. The van der Waals surface area contributed by atoms with E-state index in [1.54, 1.807) is 24.1 Å². The fraction of sp³-hybridized carbons (Fsp3) is 0.364. The number of rotatable bonds is 8. The minimum Gasteiger partial charge on any atom is -0.494 e. The van der Waals surface area contributed by atoms with Gasteiger partial charge in [0.1, 0.15) is 11.3 Å². The quantitative estimate of drug-likeness (QED) is 0.514. The number of methoxy groups -OCH3 is 1. The molecule has 154 valence electrons. The van der Waals surface area contributed by atoms with E-state index in [0.29, 0.717) is 34.4 Å². The normalized spacial score (nSPS) is 11.2. The molecule has 5 nitrogen and oxygen atoms in total. The molecule has 1 amide bonds. The molecule has 1 heterocycles. The number of nitrogens with zero attached hydrogens (tertiary/aromatic N) is 3. The highest BCUT2D eigenvalue weighted by Crippen LogP contribution is 2.38. The molecular formula is C22H26ClN3O2S. The number of ether oxygens (including phenoxy) is 1. The molecule has 0 bridgehead atoms. The van der Waals surface area contributed by atoms with Crippen LogP contribution in [-0.2, 0) is 11.2 Å². The van der Waals surface area contributed by atoms with Crippen LogP contribution >= 0.6 is 22.9 Å². The molecule has 0 fully saturated rings. The van der Waals surface area contributed by atoms with Crippen molar-refractivity contribution in [2.75, 3.05) is 39.2 Å². The Morgan fingerprint density at radius 3 is 2.69 bits per heavy atom. The maximum absolute atomic E-state index is 13.2. The second kappa shape index (κ2) is 9.57. The lowest BCUT2D eigenvalue weighted by molar-refractivity contribution is -0.118. The molecular weight excluding hydrogens is 406 g/mol. The smallest absolute Gasteiger partial charge is 0.233 e. The summed E-state index contributed by atoms with van der Waals surface area (Å²) in [6.45, 7) is 3.52. The fourth-order valence-electron chi connectivity index (χ4n) is 3.19. The number of aromatic nitrogens is 1. The summed E-state index contributed by atoms with van der Waals surface area (Å²) in [6.07, 6.45) is 1.19. The molecule has 0 saturated heterocycles. The highest BCUT2D eigenvalue weighted by Gasteiger charge is 2.22. The number of thiazole rings is 1. The van der Waals surface area contributed by atoms with Gasteiger partial charge in [0, 0.05) is 6.54 Å². The van der Waals surface area contributed by atoms with Crippen molar-refractivity contribution in [3.05, 3.63) is 52.5 Å². The Labute approximate surface area is 180 Å². The SMILES string of the molecule is COc1ccc(Cl)c2sc(N(CCCN(C)C)C(=O)Cc3cccc(C)c3)nc12. The van der Waals surface area contributed by atoms with Gasteiger partial charge < -0.3 is 9.64 Å². The highest BCUT2D eigenvalue weighted by molar-refractivity contribution is 7.23. The first kappa shape index (κ1) is 21.6. The van der Waals surface area contributed by atoms with Crippen molar-refractivity contribution in [3.8, 4) is 5.75 Å². The van der Waals surface area contributed by atoms with Crippen molar-refractivity contribution in [2.45, 2.75) is 19.8 Å². The predicted octanol–water partition coefficient (Wildman–Crippen LogP) is 4.79. The molecule has 29 heavy (non-hydrogen) atoms. The first-order chi connectivity index (χ1) is 13.9. The van der Waals surface area contributed by atoms with Crippen LogP contribution < -0.4 is 9.64 Å². The molecule has 3 aromatic rings. The minimum absolute atomic E-state index is 0.0310. The van der Waals surface area contributed by atoms with Gasteiger partial charge in [0.25, 0.3) is 0 Å². The maximum atomic E-state index is 13.2. The molecule has 0 radical (unpaired) electrons. The standard InChI is InChI=1S/C22H26ClN3O2S/c1-15-7-5-8-16(13-15)14-19(27)26(12-6-11-25(2)3)22-24-20-18(28-4)10-9-17(23)21(20)29-22/h5,7-10,13H,6,11-12,14H2,1-4H3. The third-order valence-corrected chi connectivity index (χ3v) is 6.16. The summed E-state index contributed by atoms with van der Waals surface area (Å²) >= 11 is 7.81. The fourth-order valence-corrected chi connectivity index (χ4v) is 4.49. The first-order valence-corrected chi connectivity index (χ1v) is 10.7. The van der Waals surface area contributed by atoms with Gasteiger partial charge in [-0.15, -0.1) is 0 Å². The van der Waals surface area contributed by atoms with Crippen LogP contribution in [0.3, 0.4) is 0 Å². The number of hydrogen-bond acceptors (Lipinski definition) is 5. The largest absolute Gasteiger partial charge is 0.494 e. The number of aryl methyl sites for hydroxylation is 1. The number of carbonyl (C=O) groups is 1. The zero-order valence-corrected chi connectivity index (χ0v) is 18.8. The van der Waals surface area contributed by atoms with Crippen LogP contribution in [0.4, 0.5) is 5.13 Å². The van der Waals surface area contributed by atoms with Gasteiger partial charge in [-0.1, -0.05) is 52.8 Å². The maximum Gasteiger partial charge on any atom is 0.233 e. The molecule has 0 saturated carbocycles. The van der Waals surface area contributed by atoms with Gasteiger partial charge in [-0.3, -0.25) is 9.69 Å². The summed E-state index contributed by atoms with van der Waals surface area (Å²) < 4.78 is 6.27. The number of halogens is 1. The van der Waals surface area contributed by atoms with Crippen molar-refractivity contribution in [1.82, 2.24) is 9.88 Å². The Morgan fingerprint density at radius 2 is 2.00 bits per heavy atom. The molecule has 0 spiro atoms. The van der Waals surface area contributed by atoms with Gasteiger partial charge in [-0.05, 0) is 51.7 Å². The number of fused-ring (bicyclic) bond motifs is 1. The van der Waals surface area contributed by atoms with Gasteiger partial charge in [0.15, 0.2) is 5.13 Å². The van der Waals surface area contributed by atoms with Crippen molar-refractivity contribution < 1.29 is 9.53 Å². The monoisotopic (exact) mass is 431 g/mol. The van der Waals surface area contributed by atoms with E-state index in [2.05, 4.69) is 4.90 Å². The lowest BCUT2D eigenvalue weighted by atomic mass is 10.1. The lowest BCUT2D eigenvalue weighted by Gasteiger charge is -2.21. The molecule has 0 N–H and O–H groups in total. The third kappa shape index (κ3) is 5.26. The zero-order chi connectivity index (χ0) is 21.0. The van der Waals surface area contributed by atoms with Gasteiger partial charge >= 0.3 is 0 Å². The number of hydrogen-bond donors (Lipinski definition) is 0. The molecule has 7 heteroatoms. The van der Waals surface area contributed by atoms with E-state index in [1.807, 2.05) is 45.3 Å². The average molecular weight is 432 g/mol. The molecule has 3 rings (SSSR count). The van der Waals surface area contributed by atoms with Crippen LogP contribution in [0, 0.1) is 6.92 Å². The molecule has 0 aliphatic rings. The molecule has 0 aliphatic carbocycles. The highest BCUT2D eigenvalue weighted by atomic mass is 35.5. The second-order valence-corrected chi connectivity index (χ2v) is 8.68. The average Bonchev–Trinajstić information content (AvgIpc) is 3.11. The van der Waals surface area contributed by atoms with E-state index in [1.165, 1.54) is 11.3 Å². The molecule has 0 aliphatic heterocycles. The van der Waals surface area contributed by atoms with Crippen molar-refractivity contribution in [1.29, 1.82) is 0 Å². The Balaban J connectivity index is 1.93. The van der Waals surface area contributed by atoms with Crippen LogP contribution in [0.2, 0.25) is 5.02 Å². The van der Waals surface area contributed by atoms with Crippen LogP contribution in [0.15, 0.2) is 36.4 Å². The summed E-state index contributed by atoms with van der Waals surface area (Å²) in [5.41, 5.74) is 2.84. The van der Waals surface area contributed by atoms with Crippen molar-refractivity contribution in [3.63, 3.8) is 0 Å². The van der Waals surface area contributed by atoms with Crippen molar-refractivity contribution in [2.24, 2.45) is 0 Å². The van der Waals surface area contributed by atoms with Gasteiger partial charge in [0.2, 0.25) is 5.91 Å². The number of benzene rings is 2. The summed E-state index contributed by atoms with van der Waals surface area (Å²) in [6, 6.07) is 11.7. The molecule has 0 atom stereocenters. The second-order valence-electron chi connectivity index (χ2n) is 7.29. The predicted molar refractivity (Wildman–Crippen MR) is 122 cm³/mol. The van der Waals surface area contributed by atoms with Crippen LogP contribution in [0.25, 0.3) is 10.2 Å². The molecule has 1 aromatic heterocycles. The van der Waals surface area contributed by atoms with Gasteiger partial charge in [-0.2, -0.15) is 0 Å². The molecule has 2 aromatic carbocycles. The third-order valence-electron chi connectivity index (χ3n) is 4.62. The summed E-state index contributed by atoms with van der Waals surface area (Å²) in [7, 11) is 5.67. The van der Waals surface area contributed by atoms with E-state index in [-0.39, 0.29) is 5.91 Å². The molecule has 0 unspecified atom stereocenters. The lowest BCUT2D eigenvalue weighted by Crippen LogP contribution is -2.34. The van der Waals surface area contributed by atoms with Crippen LogP contribution in [0.5, 0.6) is 5.75 Å². The first-order valence-electron chi connectivity index (χ1n) is 9.52. The van der Waals surface area contributed by atoms with E-state index in [0.717, 1.165) is 28.8 Å². The number of carbonyl (C=O) groups excluding carboxylic acids is 1. The summed E-state index contributed by atoms with van der Waals surface area (Å²) in [5.74, 6) is 0.690. The van der Waals surface area contributed by atoms with E-state index in [9.17, 15) is 4.79 Å². The van der Waals surface area contributed by atoms with E-state index < -0.39 is 0 Å². The van der Waals surface area contributed by atoms with E-state index >= 15 is 0 Å². The van der Waals surface area contributed by atoms with Crippen molar-refractivity contribution >= 4 is 44.2 Å². The van der Waals surface area contributed by atoms with Crippen LogP contribution in [0.1, 0.15) is 17.5 Å². The Bertz CT molecular complexity index is 1000. The minimum atomic E-state index is 0.0310. The summed E-state index contributed by atoms with van der Waals surface area (Å²) in [5, 5.41) is 1.27. The van der Waals surface area contributed by atoms with Gasteiger partial charge in [-0.25, -0.2) is 4.98 Å². The van der Waals surface area contributed by atoms with Gasteiger partial charge in [0.05, 0.1) is 23.3 Å².